The molecular weight excluding hydrogens is 300 g/mol. The molecule has 0 aliphatic carbocycles. The van der Waals surface area contributed by atoms with Crippen LogP contribution in [0.3, 0.4) is 0 Å². The first kappa shape index (κ1) is 16.6. The minimum absolute atomic E-state index is 0.199. The molecule has 1 rings (SSSR count). The van der Waals surface area contributed by atoms with E-state index in [9.17, 15) is 17.7 Å². The minimum Gasteiger partial charge on any atom is -0.301 e. The summed E-state index contributed by atoms with van der Waals surface area (Å²) in [5, 5.41) is 0. The van der Waals surface area contributed by atoms with Gasteiger partial charge in [0.25, 0.3) is 0 Å². The lowest BCUT2D eigenvalue weighted by molar-refractivity contribution is -0.137. The van der Waals surface area contributed by atoms with Gasteiger partial charge in [-0.2, -0.15) is 13.2 Å². The highest BCUT2D eigenvalue weighted by atomic mass is 32.7. The summed E-state index contributed by atoms with van der Waals surface area (Å²) in [7, 11) is 0. The van der Waals surface area contributed by atoms with Gasteiger partial charge in [-0.3, -0.25) is 0 Å². The Kier molecular flexibility index (Phi) is 5.92. The number of alkyl halides is 3. The van der Waals surface area contributed by atoms with Crippen LogP contribution >= 0.6 is 18.2 Å². The second-order valence-electron chi connectivity index (χ2n) is 3.40. The van der Waals surface area contributed by atoms with Gasteiger partial charge in [0.2, 0.25) is 0 Å². The van der Waals surface area contributed by atoms with Gasteiger partial charge in [-0.15, -0.1) is 0 Å². The van der Waals surface area contributed by atoms with Crippen molar-refractivity contribution in [2.75, 3.05) is 13.2 Å². The van der Waals surface area contributed by atoms with E-state index in [1.54, 1.807) is 13.8 Å². The number of halogens is 3. The molecule has 0 aliphatic heterocycles. The smallest absolute Gasteiger partial charge is 0.301 e. The Morgan fingerprint density at radius 2 is 1.58 bits per heavy atom. The van der Waals surface area contributed by atoms with Crippen molar-refractivity contribution in [1.29, 1.82) is 0 Å². The van der Waals surface area contributed by atoms with E-state index in [1.165, 1.54) is 12.1 Å². The zero-order valence-electron chi connectivity index (χ0n) is 10.4. The van der Waals surface area contributed by atoms with E-state index in [2.05, 4.69) is 0 Å². The van der Waals surface area contributed by atoms with Crippen LogP contribution < -0.4 is 0 Å². The van der Waals surface area contributed by atoms with Crippen molar-refractivity contribution < 1.29 is 26.8 Å². The largest absolute Gasteiger partial charge is 0.416 e. The Morgan fingerprint density at radius 1 is 1.11 bits per heavy atom. The summed E-state index contributed by atoms with van der Waals surface area (Å²) in [6, 6.07) is 4.37. The Balaban J connectivity index is 2.84. The molecule has 0 bridgehead atoms. The van der Waals surface area contributed by atoms with Gasteiger partial charge in [-0.1, -0.05) is 0 Å². The van der Waals surface area contributed by atoms with Gasteiger partial charge in [-0.25, -0.2) is 4.57 Å². The van der Waals surface area contributed by atoms with Crippen LogP contribution in [0.4, 0.5) is 13.2 Å². The summed E-state index contributed by atoms with van der Waals surface area (Å²) in [5.74, 6) is 0. The normalized spacial score (nSPS) is 12.7. The molecular formula is C11H14F3O3PS. The molecule has 0 saturated heterocycles. The molecule has 0 heterocycles. The Bertz CT molecular complexity index is 437. The average molecular weight is 314 g/mol. The summed E-state index contributed by atoms with van der Waals surface area (Å²) >= 11 is 0.803. The Hall–Kier alpha value is -0.490. The second-order valence-corrected chi connectivity index (χ2v) is 7.35. The molecule has 0 unspecified atom stereocenters. The van der Waals surface area contributed by atoms with Crippen LogP contribution in [0.25, 0.3) is 0 Å². The van der Waals surface area contributed by atoms with Crippen molar-refractivity contribution in [3.05, 3.63) is 29.8 Å². The van der Waals surface area contributed by atoms with Crippen LogP contribution in [0.2, 0.25) is 0 Å². The molecule has 0 atom stereocenters. The Labute approximate surface area is 113 Å². The molecule has 3 nitrogen and oxygen atoms in total. The van der Waals surface area contributed by atoms with Crippen molar-refractivity contribution in [3.63, 3.8) is 0 Å². The van der Waals surface area contributed by atoms with E-state index in [0.29, 0.717) is 4.90 Å². The highest BCUT2D eigenvalue weighted by molar-refractivity contribution is 8.55. The first-order chi connectivity index (χ1) is 8.80. The van der Waals surface area contributed by atoms with Crippen molar-refractivity contribution in [3.8, 4) is 0 Å². The molecule has 0 amide bonds. The summed E-state index contributed by atoms with van der Waals surface area (Å²) in [4.78, 5) is 0.401. The van der Waals surface area contributed by atoms with E-state index >= 15 is 0 Å². The lowest BCUT2D eigenvalue weighted by atomic mass is 10.2. The number of rotatable bonds is 6. The number of benzene rings is 1. The number of hydrogen-bond acceptors (Lipinski definition) is 4. The van der Waals surface area contributed by atoms with Crippen molar-refractivity contribution in [2.24, 2.45) is 0 Å². The van der Waals surface area contributed by atoms with Crippen LogP contribution in [0.1, 0.15) is 19.4 Å². The first-order valence-electron chi connectivity index (χ1n) is 5.56. The van der Waals surface area contributed by atoms with E-state index in [1.807, 2.05) is 0 Å². The first-order valence-corrected chi connectivity index (χ1v) is 8.53. The van der Waals surface area contributed by atoms with Gasteiger partial charge in [0.15, 0.2) is 0 Å². The molecule has 0 radical (unpaired) electrons. The van der Waals surface area contributed by atoms with Crippen LogP contribution in [0, 0.1) is 0 Å². The topological polar surface area (TPSA) is 35.5 Å². The summed E-state index contributed by atoms with van der Waals surface area (Å²) in [6.45, 7) is 0.368. The van der Waals surface area contributed by atoms with E-state index < -0.39 is 18.5 Å². The van der Waals surface area contributed by atoms with Crippen LogP contribution in [0.5, 0.6) is 0 Å². The third kappa shape index (κ3) is 5.18. The molecule has 8 heteroatoms. The third-order valence-electron chi connectivity index (χ3n) is 1.97. The quantitative estimate of drug-likeness (QED) is 0.694. The molecule has 1 aromatic rings. The fraction of sp³-hybridized carbons (Fsp3) is 0.455. The molecule has 19 heavy (non-hydrogen) atoms. The van der Waals surface area contributed by atoms with Gasteiger partial charge < -0.3 is 9.05 Å². The van der Waals surface area contributed by atoms with Crippen molar-refractivity contribution >= 4 is 18.2 Å². The predicted molar refractivity (Wildman–Crippen MR) is 68.2 cm³/mol. The fourth-order valence-electron chi connectivity index (χ4n) is 1.24. The molecule has 108 valence electrons. The highest BCUT2D eigenvalue weighted by Crippen LogP contribution is 2.63. The van der Waals surface area contributed by atoms with Crippen LogP contribution in [-0.4, -0.2) is 13.2 Å². The third-order valence-corrected chi connectivity index (χ3v) is 5.76. The van der Waals surface area contributed by atoms with E-state index in [4.69, 9.17) is 9.05 Å². The van der Waals surface area contributed by atoms with Gasteiger partial charge in [0.1, 0.15) is 0 Å². The van der Waals surface area contributed by atoms with Crippen LogP contribution in [-0.2, 0) is 19.8 Å². The standard InChI is InChI=1S/C11H14F3O3PS/c1-3-16-18(15,17-4-2)19-10-7-5-9(6-8-10)11(12,13)14/h5-8H,3-4H2,1-2H3. The lowest BCUT2D eigenvalue weighted by Gasteiger charge is -2.16. The zero-order chi connectivity index (χ0) is 14.5. The minimum atomic E-state index is -4.38. The van der Waals surface area contributed by atoms with E-state index in [0.717, 1.165) is 23.5 Å². The molecule has 0 saturated carbocycles. The molecule has 0 aliphatic rings. The van der Waals surface area contributed by atoms with Gasteiger partial charge in [0.05, 0.1) is 18.8 Å². The summed E-state index contributed by atoms with van der Waals surface area (Å²) in [5.41, 5.74) is -0.750. The van der Waals surface area contributed by atoms with Crippen molar-refractivity contribution in [1.82, 2.24) is 0 Å². The van der Waals surface area contributed by atoms with Crippen LogP contribution in [0.15, 0.2) is 29.2 Å². The molecule has 0 N–H and O–H groups in total. The maximum absolute atomic E-state index is 12.4. The molecule has 0 aromatic heterocycles. The second kappa shape index (κ2) is 6.79. The average Bonchev–Trinajstić information content (AvgIpc) is 2.28. The lowest BCUT2D eigenvalue weighted by Crippen LogP contribution is -2.03. The summed E-state index contributed by atoms with van der Waals surface area (Å²) < 4.78 is 59.4. The monoisotopic (exact) mass is 314 g/mol. The zero-order valence-corrected chi connectivity index (χ0v) is 12.1. The number of hydrogen-bond donors (Lipinski definition) is 0. The SMILES string of the molecule is CCOP(=O)(OCC)Sc1ccc(C(F)(F)F)cc1. The maximum atomic E-state index is 12.4. The fourth-order valence-corrected chi connectivity index (χ4v) is 4.66. The maximum Gasteiger partial charge on any atom is 0.416 e. The molecule has 1 aromatic carbocycles. The predicted octanol–water partition coefficient (Wildman–Crippen LogP) is 4.98. The highest BCUT2D eigenvalue weighted by Gasteiger charge is 2.31. The Morgan fingerprint density at radius 3 is 1.95 bits per heavy atom. The van der Waals surface area contributed by atoms with Gasteiger partial charge in [0, 0.05) is 4.90 Å². The molecule has 0 spiro atoms. The van der Waals surface area contributed by atoms with Crippen molar-refractivity contribution in [2.45, 2.75) is 24.9 Å². The van der Waals surface area contributed by atoms with E-state index in [-0.39, 0.29) is 13.2 Å². The van der Waals surface area contributed by atoms with Gasteiger partial charge in [-0.05, 0) is 49.5 Å². The molecule has 0 fully saturated rings. The summed E-state index contributed by atoms with van der Waals surface area (Å²) in [6.07, 6.45) is -4.38. The van der Waals surface area contributed by atoms with Gasteiger partial charge >= 0.3 is 13.0 Å².